The van der Waals surface area contributed by atoms with E-state index >= 15 is 0 Å². The summed E-state index contributed by atoms with van der Waals surface area (Å²) < 4.78 is 18.6. The van der Waals surface area contributed by atoms with Gasteiger partial charge in [-0.2, -0.15) is 0 Å². The van der Waals surface area contributed by atoms with Crippen LogP contribution in [0.15, 0.2) is 36.4 Å². The van der Waals surface area contributed by atoms with Crippen molar-refractivity contribution in [3.8, 4) is 5.75 Å². The normalized spacial score (nSPS) is 11.0. The second-order valence-corrected chi connectivity index (χ2v) is 5.57. The molecule has 0 aliphatic rings. The van der Waals surface area contributed by atoms with Crippen molar-refractivity contribution in [3.05, 3.63) is 64.5 Å². The predicted molar refractivity (Wildman–Crippen MR) is 84.0 cm³/mol. The third-order valence-electron chi connectivity index (χ3n) is 3.61. The lowest BCUT2D eigenvalue weighted by atomic mass is 10.1. The highest BCUT2D eigenvalue weighted by Gasteiger charge is 2.07. The maximum absolute atomic E-state index is 13.7. The zero-order valence-electron chi connectivity index (χ0n) is 13.1. The van der Waals surface area contributed by atoms with Gasteiger partial charge in [-0.05, 0) is 49.7 Å². The van der Waals surface area contributed by atoms with Crippen LogP contribution in [-0.4, -0.2) is 19.1 Å². The number of hydrogen-bond donors (Lipinski definition) is 0. The van der Waals surface area contributed by atoms with E-state index in [1.54, 1.807) is 12.1 Å². The van der Waals surface area contributed by atoms with Crippen LogP contribution in [0.1, 0.15) is 22.3 Å². The molecule has 0 saturated carbocycles. The first-order valence-corrected chi connectivity index (χ1v) is 7.06. The third-order valence-corrected chi connectivity index (χ3v) is 3.61. The summed E-state index contributed by atoms with van der Waals surface area (Å²) in [4.78, 5) is 2.18. The molecule has 0 aliphatic carbocycles. The molecule has 21 heavy (non-hydrogen) atoms. The second kappa shape index (κ2) is 6.72. The van der Waals surface area contributed by atoms with Gasteiger partial charge in [0.15, 0.2) is 11.6 Å². The van der Waals surface area contributed by atoms with Crippen LogP contribution in [0, 0.1) is 19.7 Å². The van der Waals surface area contributed by atoms with Crippen LogP contribution < -0.4 is 4.74 Å². The van der Waals surface area contributed by atoms with E-state index < -0.39 is 0 Å². The summed E-state index contributed by atoms with van der Waals surface area (Å²) >= 11 is 0. The van der Waals surface area contributed by atoms with Gasteiger partial charge in [0, 0.05) is 13.1 Å². The standard InChI is InChI=1S/C18H22FNO/c1-13-5-6-14(2)16(9-13)12-20(3)11-15-7-8-18(21-4)17(19)10-15/h5-10H,11-12H2,1-4H3. The van der Waals surface area contributed by atoms with Crippen molar-refractivity contribution < 1.29 is 9.13 Å². The molecule has 3 heteroatoms. The minimum Gasteiger partial charge on any atom is -0.494 e. The van der Waals surface area contributed by atoms with Crippen molar-refractivity contribution in [1.82, 2.24) is 4.90 Å². The summed E-state index contributed by atoms with van der Waals surface area (Å²) in [7, 11) is 3.52. The molecule has 0 amide bonds. The number of halogens is 1. The first-order valence-electron chi connectivity index (χ1n) is 7.06. The van der Waals surface area contributed by atoms with Gasteiger partial charge in [-0.25, -0.2) is 4.39 Å². The molecular weight excluding hydrogens is 265 g/mol. The zero-order chi connectivity index (χ0) is 15.4. The Morgan fingerprint density at radius 2 is 1.81 bits per heavy atom. The van der Waals surface area contributed by atoms with Crippen LogP contribution >= 0.6 is 0 Å². The highest BCUT2D eigenvalue weighted by Crippen LogP contribution is 2.19. The molecule has 0 unspecified atom stereocenters. The van der Waals surface area contributed by atoms with E-state index in [1.807, 2.05) is 13.1 Å². The summed E-state index contributed by atoms with van der Waals surface area (Å²) in [5.74, 6) is -0.0222. The van der Waals surface area contributed by atoms with E-state index in [0.29, 0.717) is 6.54 Å². The summed E-state index contributed by atoms with van der Waals surface area (Å²) in [6, 6.07) is 11.6. The average molecular weight is 287 g/mol. The monoisotopic (exact) mass is 287 g/mol. The molecule has 2 aromatic carbocycles. The molecule has 0 spiro atoms. The molecule has 0 bridgehead atoms. The Morgan fingerprint density at radius 3 is 2.48 bits per heavy atom. The van der Waals surface area contributed by atoms with Gasteiger partial charge in [-0.15, -0.1) is 0 Å². The molecule has 112 valence electrons. The summed E-state index contributed by atoms with van der Waals surface area (Å²) in [5, 5.41) is 0. The fourth-order valence-electron chi connectivity index (χ4n) is 2.44. The van der Waals surface area contributed by atoms with Gasteiger partial charge in [-0.1, -0.05) is 29.8 Å². The number of hydrogen-bond acceptors (Lipinski definition) is 2. The number of ether oxygens (including phenoxy) is 1. The molecule has 2 nitrogen and oxygen atoms in total. The maximum atomic E-state index is 13.7. The SMILES string of the molecule is COc1ccc(CN(C)Cc2cc(C)ccc2C)cc1F. The van der Waals surface area contributed by atoms with E-state index in [4.69, 9.17) is 4.74 Å². The number of rotatable bonds is 5. The lowest BCUT2D eigenvalue weighted by Crippen LogP contribution is -2.18. The highest BCUT2D eigenvalue weighted by atomic mass is 19.1. The van der Waals surface area contributed by atoms with Crippen LogP contribution in [0.5, 0.6) is 5.75 Å². The average Bonchev–Trinajstić information content (AvgIpc) is 2.43. The lowest BCUT2D eigenvalue weighted by Gasteiger charge is -2.19. The largest absolute Gasteiger partial charge is 0.494 e. The Bertz CT molecular complexity index is 625. The number of aryl methyl sites for hydroxylation is 2. The molecule has 0 saturated heterocycles. The fraction of sp³-hybridized carbons (Fsp3) is 0.333. The van der Waals surface area contributed by atoms with Crippen molar-refractivity contribution >= 4 is 0 Å². The molecule has 0 fully saturated rings. The highest BCUT2D eigenvalue weighted by molar-refractivity contribution is 5.31. The second-order valence-electron chi connectivity index (χ2n) is 5.57. The van der Waals surface area contributed by atoms with Crippen LogP contribution in [0.25, 0.3) is 0 Å². The minimum atomic E-state index is -0.310. The molecule has 0 aliphatic heterocycles. The molecular formula is C18H22FNO. The number of nitrogens with zero attached hydrogens (tertiary/aromatic N) is 1. The van der Waals surface area contributed by atoms with E-state index in [2.05, 4.69) is 36.9 Å². The van der Waals surface area contributed by atoms with Gasteiger partial charge in [0.25, 0.3) is 0 Å². The first kappa shape index (κ1) is 15.5. The van der Waals surface area contributed by atoms with Gasteiger partial charge in [0.1, 0.15) is 0 Å². The predicted octanol–water partition coefficient (Wildman–Crippen LogP) is 4.08. The van der Waals surface area contributed by atoms with Gasteiger partial charge >= 0.3 is 0 Å². The maximum Gasteiger partial charge on any atom is 0.165 e. The van der Waals surface area contributed by atoms with Crippen molar-refractivity contribution in [2.45, 2.75) is 26.9 Å². The Labute approximate surface area is 126 Å². The van der Waals surface area contributed by atoms with Crippen LogP contribution in [0.3, 0.4) is 0 Å². The molecule has 2 aromatic rings. The van der Waals surface area contributed by atoms with Gasteiger partial charge in [0.2, 0.25) is 0 Å². The smallest absolute Gasteiger partial charge is 0.165 e. The Hall–Kier alpha value is -1.87. The van der Waals surface area contributed by atoms with E-state index in [-0.39, 0.29) is 11.6 Å². The Morgan fingerprint density at radius 1 is 1.05 bits per heavy atom. The van der Waals surface area contributed by atoms with Gasteiger partial charge < -0.3 is 4.74 Å². The Kier molecular flexibility index (Phi) is 4.97. The first-order chi connectivity index (χ1) is 9.99. The van der Waals surface area contributed by atoms with Gasteiger partial charge in [0.05, 0.1) is 7.11 Å². The van der Waals surface area contributed by atoms with Gasteiger partial charge in [-0.3, -0.25) is 4.90 Å². The van der Waals surface area contributed by atoms with Crippen LogP contribution in [0.4, 0.5) is 4.39 Å². The van der Waals surface area contributed by atoms with Crippen molar-refractivity contribution in [2.24, 2.45) is 0 Å². The molecule has 0 aromatic heterocycles. The molecule has 0 radical (unpaired) electrons. The minimum absolute atomic E-state index is 0.288. The molecule has 2 rings (SSSR count). The summed E-state index contributed by atoms with van der Waals surface area (Å²) in [6.07, 6.45) is 0. The van der Waals surface area contributed by atoms with E-state index in [9.17, 15) is 4.39 Å². The topological polar surface area (TPSA) is 12.5 Å². The quantitative estimate of drug-likeness (QED) is 0.821. The number of benzene rings is 2. The molecule has 0 heterocycles. The van der Waals surface area contributed by atoms with E-state index in [1.165, 1.54) is 23.8 Å². The zero-order valence-corrected chi connectivity index (χ0v) is 13.1. The molecule has 0 N–H and O–H groups in total. The van der Waals surface area contributed by atoms with Crippen LogP contribution in [0.2, 0.25) is 0 Å². The van der Waals surface area contributed by atoms with E-state index in [0.717, 1.165) is 12.1 Å². The summed E-state index contributed by atoms with van der Waals surface area (Å²) in [5.41, 5.74) is 4.81. The summed E-state index contributed by atoms with van der Waals surface area (Å²) in [6.45, 7) is 5.77. The fourth-order valence-corrected chi connectivity index (χ4v) is 2.44. The van der Waals surface area contributed by atoms with Crippen molar-refractivity contribution in [3.63, 3.8) is 0 Å². The number of methoxy groups -OCH3 is 1. The van der Waals surface area contributed by atoms with Crippen molar-refractivity contribution in [1.29, 1.82) is 0 Å². The Balaban J connectivity index is 2.06. The van der Waals surface area contributed by atoms with Crippen molar-refractivity contribution in [2.75, 3.05) is 14.2 Å². The lowest BCUT2D eigenvalue weighted by molar-refractivity contribution is 0.317. The molecule has 0 atom stereocenters. The third kappa shape index (κ3) is 4.05. The van der Waals surface area contributed by atoms with Crippen LogP contribution in [-0.2, 0) is 13.1 Å².